The molecule has 43 heteroatoms. The quantitative estimate of drug-likeness (QED) is 0.0241. The molecule has 0 spiro atoms. The fourth-order valence-electron chi connectivity index (χ4n) is 13.6. The SMILES string of the molecule is C#CC1CCCC1.COc1cc(Br)c(Cl)cc1-n1c(=O)ccc2cc(S(=O)(=O)Oc3c(F)c(F)c(F)c(F)c3F)ccc21.COc1cc(C#CC2CCCC2)c(Cl)cc1-n1c(=O)ccc2cc(S(=O)(=O)Nc3ccon3)ccc21.COc1cc(C#CC2CCCC2)c(Cl)cc1-n1c(=O)ccc2cc(S(=O)(=O)Oc3c(F)c(F)c(F)c(F)c3F)ccc21.Nc1ccon1.P.P.P. The summed E-state index contributed by atoms with van der Waals surface area (Å²) in [5.41, 5.74) is 6.52. The molecule has 684 valence electrons. The first-order valence-corrected chi connectivity index (χ1v) is 44.0. The summed E-state index contributed by atoms with van der Waals surface area (Å²) in [6.07, 6.45) is 22.0. The highest BCUT2D eigenvalue weighted by Crippen LogP contribution is 2.40. The van der Waals surface area contributed by atoms with Gasteiger partial charge >= 0.3 is 20.2 Å². The molecule has 0 radical (unpaired) electrons. The molecule has 3 N–H and O–H groups in total. The van der Waals surface area contributed by atoms with Crippen LogP contribution in [0, 0.1) is 112 Å². The first kappa shape index (κ1) is 103. The van der Waals surface area contributed by atoms with E-state index >= 15 is 0 Å². The Kier molecular flexibility index (Phi) is 34.9. The molecule has 3 atom stereocenters. The minimum absolute atomic E-state index is 0. The lowest BCUT2D eigenvalue weighted by atomic mass is 10.1. The minimum atomic E-state index is -5.11. The molecule has 3 fully saturated rings. The molecule has 3 saturated carbocycles. The van der Waals surface area contributed by atoms with Gasteiger partial charge in [0, 0.05) is 79.8 Å². The maximum atomic E-state index is 14.1. The predicted molar refractivity (Wildman–Crippen MR) is 489 cm³/mol. The van der Waals surface area contributed by atoms with Crippen LogP contribution in [0.2, 0.25) is 15.1 Å². The Bertz CT molecular complexity index is 7160. The molecule has 5 heterocycles. The van der Waals surface area contributed by atoms with Crippen LogP contribution in [0.5, 0.6) is 28.7 Å². The second-order valence-corrected chi connectivity index (χ2v) is 34.9. The van der Waals surface area contributed by atoms with E-state index in [0.29, 0.717) is 60.6 Å². The van der Waals surface area contributed by atoms with E-state index in [2.05, 4.69) is 78.0 Å². The fraction of sp³-hybridized carbons (Fsp3) is 0.207. The van der Waals surface area contributed by atoms with Crippen molar-refractivity contribution in [1.82, 2.24) is 24.0 Å². The number of anilines is 2. The lowest BCUT2D eigenvalue weighted by molar-refractivity contribution is 0.346. The Hall–Kier alpha value is -11.1. The number of aromatic nitrogens is 5. The van der Waals surface area contributed by atoms with Crippen LogP contribution >= 0.6 is 80.4 Å². The third-order valence-corrected chi connectivity index (χ3v) is 25.6. The predicted octanol–water partition coefficient (Wildman–Crippen LogP) is 19.8. The molecule has 5 aromatic heterocycles. The van der Waals surface area contributed by atoms with Crippen LogP contribution in [0.4, 0.5) is 55.5 Å². The zero-order valence-electron chi connectivity index (χ0n) is 68.2. The third kappa shape index (κ3) is 23.1. The average molecular weight is 2040 g/mol. The summed E-state index contributed by atoms with van der Waals surface area (Å²) in [5.74, 6) is -10.0. The summed E-state index contributed by atoms with van der Waals surface area (Å²) in [6.45, 7) is 0. The number of fused-ring (bicyclic) bond motifs is 3. The molecule has 0 amide bonds. The number of nitrogens with two attached hydrogens (primary N) is 1. The van der Waals surface area contributed by atoms with Crippen LogP contribution in [0.15, 0.2) is 195 Å². The lowest BCUT2D eigenvalue weighted by Crippen LogP contribution is -2.19. The number of halogens is 14. The van der Waals surface area contributed by atoms with Crippen molar-refractivity contribution in [2.75, 3.05) is 31.8 Å². The van der Waals surface area contributed by atoms with Gasteiger partial charge in [0.05, 0.1) is 74.9 Å². The fourth-order valence-corrected chi connectivity index (χ4v) is 17.5. The van der Waals surface area contributed by atoms with E-state index < -0.39 is 121 Å². The van der Waals surface area contributed by atoms with Crippen LogP contribution in [0.1, 0.15) is 88.2 Å². The smallest absolute Gasteiger partial charge is 0.339 e. The Morgan fingerprint density at radius 1 is 0.438 bits per heavy atom. The summed E-state index contributed by atoms with van der Waals surface area (Å²) in [6, 6.07) is 30.8. The molecule has 130 heavy (non-hydrogen) atoms. The van der Waals surface area contributed by atoms with Crippen LogP contribution in [-0.2, 0) is 30.3 Å². The lowest BCUT2D eigenvalue weighted by Gasteiger charge is -2.16. The van der Waals surface area contributed by atoms with Crippen molar-refractivity contribution in [3.8, 4) is 81.8 Å². The zero-order valence-corrected chi connectivity index (χ0v) is 78.8. The van der Waals surface area contributed by atoms with Crippen LogP contribution < -0.4 is 49.7 Å². The van der Waals surface area contributed by atoms with E-state index in [9.17, 15) is 83.5 Å². The highest BCUT2D eigenvalue weighted by Gasteiger charge is 2.34. The number of hydrogen-bond donors (Lipinski definition) is 2. The van der Waals surface area contributed by atoms with Gasteiger partial charge in [-0.25, -0.2) is 34.8 Å². The Morgan fingerprint density at radius 2 is 0.769 bits per heavy atom. The number of hydrogen-bond acceptors (Lipinski definition) is 19. The first-order valence-electron chi connectivity index (χ1n) is 37.7. The summed E-state index contributed by atoms with van der Waals surface area (Å²) in [7, 11) is -9.86. The number of pyridine rings is 3. The topological polar surface area (TPSA) is 305 Å². The highest BCUT2D eigenvalue weighted by atomic mass is 79.9. The van der Waals surface area contributed by atoms with Crippen molar-refractivity contribution in [1.29, 1.82) is 0 Å². The van der Waals surface area contributed by atoms with E-state index in [1.807, 2.05) is 0 Å². The van der Waals surface area contributed by atoms with Gasteiger partial charge in [0.15, 0.2) is 11.6 Å². The number of nitrogens with one attached hydrogen (secondary N) is 1. The number of benzene rings is 8. The van der Waals surface area contributed by atoms with Crippen molar-refractivity contribution >= 4 is 155 Å². The Morgan fingerprint density at radius 3 is 1.09 bits per heavy atom. The molecule has 0 bridgehead atoms. The van der Waals surface area contributed by atoms with Gasteiger partial charge in [0.2, 0.25) is 69.7 Å². The van der Waals surface area contributed by atoms with E-state index in [0.717, 1.165) is 74.9 Å². The number of ether oxygens (including phenoxy) is 3. The van der Waals surface area contributed by atoms with Gasteiger partial charge in [-0.15, -0.1) is 12.3 Å². The number of rotatable bonds is 15. The maximum Gasteiger partial charge on any atom is 0.339 e. The van der Waals surface area contributed by atoms with E-state index in [1.165, 1.54) is 153 Å². The molecular formula is C87H74BrCl3F10N7O16P3S3. The molecule has 8 aromatic carbocycles. The monoisotopic (exact) mass is 2040 g/mol. The molecule has 3 aliphatic rings. The number of nitrogens with zero attached hydrogens (tertiary/aromatic N) is 5. The van der Waals surface area contributed by atoms with E-state index in [-0.39, 0.29) is 107 Å². The molecule has 23 nitrogen and oxygen atoms in total. The molecule has 3 unspecified atom stereocenters. The third-order valence-electron chi connectivity index (χ3n) is 19.9. The Balaban J connectivity index is 0.000000203. The van der Waals surface area contributed by atoms with Gasteiger partial charge in [-0.3, -0.25) is 32.8 Å². The summed E-state index contributed by atoms with van der Waals surface area (Å²) < 4.78 is 254. The molecule has 16 rings (SSSR count). The molecular weight excluding hydrogens is 1960 g/mol. The standard InChI is InChI=1S/C29H19ClF5NO5S.C26H22ClN3O5S.C22H10BrClF5NO5S.C7H10.C3H4N2O.3H3P/c1-40-22-13-16(7-6-15-4-2-3-5-15)19(30)14-21(22)36-20-10-9-18(12-17(20)8-11-23(36)37)42(38,39)41-29-27(34)25(32)24(31)26(33)28(29)35;1-34-24-15-18(7-6-17-4-2-3-5-17)21(27)16-23(24)30-22-10-9-20(14-19(22)8-11-26(30)31)36(32,33)29-25-12-13-35-28-25;1-34-15-7-11(23)12(24)8-14(15)30-13-4-3-10(6-9(13)2-5-16(30)31)36(32,33)35-22-20(28)18(26)17(25)19(27)21(22)29;1-2-7-5-3-4-6-7;4-3-1-2-6-5-3;;;/h8-15H,2-5H2,1H3;8-17H,2-5H2,1H3,(H,28,29);2-8H,1H3;1,7H,3-6H2;1-2H,(H2,4,5);3*1H3. The van der Waals surface area contributed by atoms with Gasteiger partial charge < -0.3 is 37.4 Å². The van der Waals surface area contributed by atoms with Crippen LogP contribution in [-0.4, -0.2) is 70.6 Å². The minimum Gasteiger partial charge on any atom is -0.495 e. The molecule has 0 saturated heterocycles. The number of nitrogen functional groups attached to an aromatic ring is 1. The van der Waals surface area contributed by atoms with Crippen LogP contribution in [0.25, 0.3) is 49.8 Å². The number of methoxy groups -OCH3 is 3. The molecule has 3 aliphatic carbocycles. The summed E-state index contributed by atoms with van der Waals surface area (Å²) >= 11 is 22.5. The van der Waals surface area contributed by atoms with Gasteiger partial charge in [-0.05, 0) is 164 Å². The molecule has 0 aliphatic heterocycles. The second-order valence-electron chi connectivity index (χ2n) is 28.1. The van der Waals surface area contributed by atoms with Crippen molar-refractivity contribution in [3.05, 3.63) is 272 Å². The largest absolute Gasteiger partial charge is 0.495 e. The summed E-state index contributed by atoms with van der Waals surface area (Å²) in [4.78, 5) is 37.3. The van der Waals surface area contributed by atoms with Crippen molar-refractivity contribution in [2.45, 2.75) is 91.7 Å². The van der Waals surface area contributed by atoms with Gasteiger partial charge in [0.1, 0.15) is 39.6 Å². The van der Waals surface area contributed by atoms with Gasteiger partial charge in [-0.2, -0.15) is 64.1 Å². The highest BCUT2D eigenvalue weighted by molar-refractivity contribution is 9.10. The van der Waals surface area contributed by atoms with Gasteiger partial charge in [0.25, 0.3) is 26.7 Å². The van der Waals surface area contributed by atoms with Crippen molar-refractivity contribution in [2.24, 2.45) is 17.8 Å². The second kappa shape index (κ2) is 44.2. The summed E-state index contributed by atoms with van der Waals surface area (Å²) in [5, 5.41) is 8.59. The normalized spacial score (nSPS) is 13.1. The Labute approximate surface area is 769 Å². The van der Waals surface area contributed by atoms with Crippen molar-refractivity contribution in [3.63, 3.8) is 0 Å². The maximum absolute atomic E-state index is 14.1. The average Bonchev–Trinajstić information content (AvgIpc) is 0.902. The van der Waals surface area contributed by atoms with Gasteiger partial charge in [-0.1, -0.05) is 107 Å². The molecule has 13 aromatic rings. The van der Waals surface area contributed by atoms with Crippen molar-refractivity contribution < 1.29 is 101 Å². The van der Waals surface area contributed by atoms with E-state index in [1.54, 1.807) is 36.4 Å². The van der Waals surface area contributed by atoms with Crippen LogP contribution in [0.3, 0.4) is 0 Å². The first-order chi connectivity index (χ1) is 60.5. The van der Waals surface area contributed by atoms with E-state index in [4.69, 9.17) is 61.2 Å². The number of terminal acetylenes is 1. The zero-order chi connectivity index (χ0) is 91.7. The number of sulfonamides is 1.